The van der Waals surface area contributed by atoms with Crippen molar-refractivity contribution in [1.29, 1.82) is 0 Å². The Labute approximate surface area is 165 Å². The summed E-state index contributed by atoms with van der Waals surface area (Å²) in [7, 11) is 1.68. The maximum absolute atomic E-state index is 13.4. The number of fused-ring (bicyclic) bond motifs is 1. The highest BCUT2D eigenvalue weighted by molar-refractivity contribution is 5.44. The van der Waals surface area contributed by atoms with Crippen molar-refractivity contribution < 1.29 is 18.6 Å². The van der Waals surface area contributed by atoms with Crippen LogP contribution in [0.25, 0.3) is 0 Å². The van der Waals surface area contributed by atoms with Gasteiger partial charge >= 0.3 is 0 Å². The molecule has 2 aliphatic heterocycles. The molecule has 5 nitrogen and oxygen atoms in total. The highest BCUT2D eigenvalue weighted by atomic mass is 19.1. The molecule has 2 heterocycles. The molecular formula is C22H27FN2O3. The lowest BCUT2D eigenvalue weighted by atomic mass is 10.1. The Balaban J connectivity index is 1.24. The predicted molar refractivity (Wildman–Crippen MR) is 106 cm³/mol. The first-order valence-corrected chi connectivity index (χ1v) is 9.80. The number of nitrogens with zero attached hydrogens (tertiary/aromatic N) is 1. The minimum atomic E-state index is -0.246. The third-order valence-corrected chi connectivity index (χ3v) is 5.39. The Bertz CT molecular complexity index is 755. The molecule has 6 heteroatoms. The molecule has 150 valence electrons. The third-order valence-electron chi connectivity index (χ3n) is 5.39. The van der Waals surface area contributed by atoms with Crippen LogP contribution < -0.4 is 10.1 Å². The van der Waals surface area contributed by atoms with E-state index in [1.165, 1.54) is 17.7 Å². The zero-order chi connectivity index (χ0) is 19.3. The van der Waals surface area contributed by atoms with Crippen molar-refractivity contribution >= 4 is 5.69 Å². The minimum Gasteiger partial charge on any atom is -0.497 e. The molecule has 0 aliphatic carbocycles. The summed E-state index contributed by atoms with van der Waals surface area (Å²) < 4.78 is 30.8. The van der Waals surface area contributed by atoms with E-state index in [2.05, 4.69) is 22.3 Å². The fourth-order valence-electron chi connectivity index (χ4n) is 3.83. The monoisotopic (exact) mass is 386 g/mol. The molecule has 1 N–H and O–H groups in total. The Kier molecular flexibility index (Phi) is 6.10. The van der Waals surface area contributed by atoms with Crippen molar-refractivity contribution in [2.45, 2.75) is 24.7 Å². The molecule has 0 spiro atoms. The van der Waals surface area contributed by atoms with Crippen LogP contribution in [0.15, 0.2) is 48.5 Å². The van der Waals surface area contributed by atoms with Gasteiger partial charge in [-0.2, -0.15) is 0 Å². The molecule has 0 unspecified atom stereocenters. The fraction of sp³-hybridized carbons (Fsp3) is 0.455. The summed E-state index contributed by atoms with van der Waals surface area (Å²) in [6.07, 6.45) is 1.18. The van der Waals surface area contributed by atoms with E-state index in [-0.39, 0.29) is 24.1 Å². The van der Waals surface area contributed by atoms with Gasteiger partial charge in [-0.05, 0) is 42.3 Å². The van der Waals surface area contributed by atoms with E-state index in [0.717, 1.165) is 37.5 Å². The summed E-state index contributed by atoms with van der Waals surface area (Å²) in [5, 5.41) is 3.30. The van der Waals surface area contributed by atoms with Crippen LogP contribution in [-0.4, -0.2) is 63.1 Å². The maximum atomic E-state index is 13.4. The molecule has 4 rings (SSSR count). The molecule has 2 fully saturated rings. The van der Waals surface area contributed by atoms with Gasteiger partial charge in [-0.25, -0.2) is 4.39 Å². The van der Waals surface area contributed by atoms with E-state index in [1.54, 1.807) is 13.2 Å². The predicted octanol–water partition coefficient (Wildman–Crippen LogP) is 2.96. The Morgan fingerprint density at radius 1 is 1.07 bits per heavy atom. The van der Waals surface area contributed by atoms with Gasteiger partial charge in [0.2, 0.25) is 0 Å². The zero-order valence-corrected chi connectivity index (χ0v) is 16.1. The average Bonchev–Trinajstić information content (AvgIpc) is 3.02. The number of nitrogens with one attached hydrogen (secondary N) is 1. The summed E-state index contributed by atoms with van der Waals surface area (Å²) in [5.41, 5.74) is 2.06. The van der Waals surface area contributed by atoms with Crippen LogP contribution in [0, 0.1) is 5.82 Å². The maximum Gasteiger partial charge on any atom is 0.125 e. The van der Waals surface area contributed by atoms with Gasteiger partial charge in [-0.15, -0.1) is 0 Å². The number of likely N-dealkylation sites (tertiary alicyclic amines) is 1. The average molecular weight is 386 g/mol. The number of hydrogen-bond acceptors (Lipinski definition) is 5. The van der Waals surface area contributed by atoms with Crippen molar-refractivity contribution in [3.63, 3.8) is 0 Å². The third kappa shape index (κ3) is 4.82. The SMILES string of the molecule is COc1ccc(CCN2C[C@@H]3OCC(Nc4cccc(F)c4)CO[C@H]3C2)cc1. The molecule has 2 saturated heterocycles. The number of rotatable bonds is 6. The second-order valence-electron chi connectivity index (χ2n) is 7.45. The molecular weight excluding hydrogens is 359 g/mol. The highest BCUT2D eigenvalue weighted by Crippen LogP contribution is 2.22. The van der Waals surface area contributed by atoms with Gasteiger partial charge in [0.1, 0.15) is 11.6 Å². The normalized spacial score (nSPS) is 23.2. The van der Waals surface area contributed by atoms with Gasteiger partial charge in [0.05, 0.1) is 38.6 Å². The van der Waals surface area contributed by atoms with Crippen molar-refractivity contribution in [2.24, 2.45) is 0 Å². The smallest absolute Gasteiger partial charge is 0.125 e. The lowest BCUT2D eigenvalue weighted by Crippen LogP contribution is -2.31. The van der Waals surface area contributed by atoms with Gasteiger partial charge < -0.3 is 19.5 Å². The van der Waals surface area contributed by atoms with Crippen molar-refractivity contribution in [3.05, 3.63) is 59.9 Å². The summed E-state index contributed by atoms with van der Waals surface area (Å²) >= 11 is 0. The van der Waals surface area contributed by atoms with Crippen molar-refractivity contribution in [2.75, 3.05) is 45.3 Å². The van der Waals surface area contributed by atoms with Crippen LogP contribution in [0.4, 0.5) is 10.1 Å². The molecule has 2 aliphatic rings. The van der Waals surface area contributed by atoms with E-state index in [0.29, 0.717) is 13.2 Å². The van der Waals surface area contributed by atoms with Crippen LogP contribution in [0.5, 0.6) is 5.75 Å². The topological polar surface area (TPSA) is 43.0 Å². The molecule has 0 amide bonds. The zero-order valence-electron chi connectivity index (χ0n) is 16.1. The first kappa shape index (κ1) is 19.2. The summed E-state index contributed by atoms with van der Waals surface area (Å²) in [6, 6.07) is 14.7. The molecule has 0 bridgehead atoms. The van der Waals surface area contributed by atoms with Crippen LogP contribution in [0.2, 0.25) is 0 Å². The lowest BCUT2D eigenvalue weighted by molar-refractivity contribution is -0.00461. The largest absolute Gasteiger partial charge is 0.497 e. The van der Waals surface area contributed by atoms with Crippen molar-refractivity contribution in [1.82, 2.24) is 4.90 Å². The van der Waals surface area contributed by atoms with Crippen LogP contribution in [-0.2, 0) is 15.9 Å². The summed E-state index contributed by atoms with van der Waals surface area (Å²) in [5.74, 6) is 0.639. The number of hydrogen-bond donors (Lipinski definition) is 1. The van der Waals surface area contributed by atoms with E-state index in [9.17, 15) is 4.39 Å². The molecule has 0 saturated carbocycles. The Hall–Kier alpha value is -2.15. The number of halogens is 1. The van der Waals surface area contributed by atoms with Gasteiger partial charge in [0.25, 0.3) is 0 Å². The van der Waals surface area contributed by atoms with Gasteiger partial charge in [-0.1, -0.05) is 18.2 Å². The van der Waals surface area contributed by atoms with Crippen LogP contribution in [0.1, 0.15) is 5.56 Å². The van der Waals surface area contributed by atoms with E-state index < -0.39 is 0 Å². The minimum absolute atomic E-state index is 0.0279. The quantitative estimate of drug-likeness (QED) is 0.827. The van der Waals surface area contributed by atoms with Crippen molar-refractivity contribution in [3.8, 4) is 5.75 Å². The van der Waals surface area contributed by atoms with E-state index in [1.807, 2.05) is 18.2 Å². The summed E-state index contributed by atoms with van der Waals surface area (Å²) in [6.45, 7) is 3.87. The van der Waals surface area contributed by atoms with E-state index in [4.69, 9.17) is 14.2 Å². The van der Waals surface area contributed by atoms with E-state index >= 15 is 0 Å². The first-order valence-electron chi connectivity index (χ1n) is 9.80. The Morgan fingerprint density at radius 3 is 2.43 bits per heavy atom. The van der Waals surface area contributed by atoms with Crippen LogP contribution in [0.3, 0.4) is 0 Å². The molecule has 2 aromatic rings. The van der Waals surface area contributed by atoms with Gasteiger partial charge in [0, 0.05) is 25.3 Å². The molecule has 2 atom stereocenters. The number of anilines is 1. The number of methoxy groups -OCH3 is 1. The molecule has 0 aromatic heterocycles. The van der Waals surface area contributed by atoms with Gasteiger partial charge in [0.15, 0.2) is 0 Å². The van der Waals surface area contributed by atoms with Gasteiger partial charge in [-0.3, -0.25) is 4.90 Å². The molecule has 28 heavy (non-hydrogen) atoms. The second kappa shape index (κ2) is 8.90. The number of ether oxygens (including phenoxy) is 3. The second-order valence-corrected chi connectivity index (χ2v) is 7.45. The Morgan fingerprint density at radius 2 is 1.79 bits per heavy atom. The lowest BCUT2D eigenvalue weighted by Gasteiger charge is -2.20. The molecule has 2 aromatic carbocycles. The standard InChI is InChI=1S/C22H27FN2O3/c1-26-20-7-5-16(6-8-20)9-10-25-12-21-22(13-25)28-15-19(14-27-21)24-18-4-2-3-17(23)11-18/h2-8,11,19,21-22,24H,9-10,12-15H2,1H3/t21-,22-/m0/s1. The fourth-order valence-corrected chi connectivity index (χ4v) is 3.83. The van der Waals surface area contributed by atoms with Crippen LogP contribution >= 0.6 is 0 Å². The summed E-state index contributed by atoms with van der Waals surface area (Å²) in [4.78, 5) is 2.40. The highest BCUT2D eigenvalue weighted by Gasteiger charge is 2.37. The molecule has 0 radical (unpaired) electrons. The first-order chi connectivity index (χ1) is 13.7. The number of benzene rings is 2.